The number of anilines is 1. The topological polar surface area (TPSA) is 87.7 Å². The third-order valence-electron chi connectivity index (χ3n) is 3.09. The van der Waals surface area contributed by atoms with E-state index in [0.717, 1.165) is 0 Å². The van der Waals surface area contributed by atoms with Crippen molar-refractivity contribution in [3.05, 3.63) is 24.3 Å². The van der Waals surface area contributed by atoms with Crippen LogP contribution in [0.25, 0.3) is 0 Å². The van der Waals surface area contributed by atoms with E-state index < -0.39 is 18.0 Å². The van der Waals surface area contributed by atoms with Crippen LogP contribution in [-0.2, 0) is 4.79 Å². The molecule has 1 aromatic carbocycles. The molecule has 0 aromatic heterocycles. The van der Waals surface area contributed by atoms with E-state index in [1.807, 2.05) is 6.92 Å². The third-order valence-corrected chi connectivity index (χ3v) is 3.09. The molecule has 0 bridgehead atoms. The van der Waals surface area contributed by atoms with E-state index in [4.69, 9.17) is 9.84 Å². The zero-order valence-electron chi connectivity index (χ0n) is 11.8. The lowest BCUT2D eigenvalue weighted by Gasteiger charge is -2.20. The fourth-order valence-electron chi connectivity index (χ4n) is 1.69. The maximum absolute atomic E-state index is 11.8. The Balaban J connectivity index is 2.68. The summed E-state index contributed by atoms with van der Waals surface area (Å²) in [7, 11) is 1.53. The second-order valence-electron chi connectivity index (χ2n) is 4.53. The van der Waals surface area contributed by atoms with E-state index in [0.29, 0.717) is 17.9 Å². The van der Waals surface area contributed by atoms with Crippen molar-refractivity contribution in [2.45, 2.75) is 26.3 Å². The molecule has 110 valence electrons. The van der Waals surface area contributed by atoms with Crippen molar-refractivity contribution in [1.29, 1.82) is 0 Å². The summed E-state index contributed by atoms with van der Waals surface area (Å²) in [5.41, 5.74) is 0.537. The zero-order valence-corrected chi connectivity index (χ0v) is 11.8. The van der Waals surface area contributed by atoms with Gasteiger partial charge in [0.25, 0.3) is 0 Å². The molecule has 0 aliphatic rings. The molecule has 0 saturated carbocycles. The minimum absolute atomic E-state index is 0.149. The van der Waals surface area contributed by atoms with Crippen LogP contribution in [0, 0.1) is 5.92 Å². The smallest absolute Gasteiger partial charge is 0.326 e. The van der Waals surface area contributed by atoms with Crippen molar-refractivity contribution in [3.8, 4) is 5.75 Å². The molecule has 1 rings (SSSR count). The molecule has 0 fully saturated rings. The Hall–Kier alpha value is -2.24. The van der Waals surface area contributed by atoms with Gasteiger partial charge in [-0.05, 0) is 18.1 Å². The van der Waals surface area contributed by atoms with Crippen LogP contribution in [0.2, 0.25) is 0 Å². The Morgan fingerprint density at radius 2 is 2.10 bits per heavy atom. The summed E-state index contributed by atoms with van der Waals surface area (Å²) in [6.45, 7) is 3.66. The monoisotopic (exact) mass is 280 g/mol. The van der Waals surface area contributed by atoms with Gasteiger partial charge in [0, 0.05) is 11.8 Å². The average Bonchev–Trinajstić information content (AvgIpc) is 2.43. The molecule has 20 heavy (non-hydrogen) atoms. The summed E-state index contributed by atoms with van der Waals surface area (Å²) in [6, 6.07) is 5.37. The lowest BCUT2D eigenvalue weighted by atomic mass is 9.99. The number of carboxylic acids is 1. The molecule has 6 nitrogen and oxygen atoms in total. The van der Waals surface area contributed by atoms with Crippen LogP contribution in [0.4, 0.5) is 10.5 Å². The molecular formula is C14H20N2O4. The number of urea groups is 1. The number of carboxylic acid groups (broad SMARTS) is 1. The van der Waals surface area contributed by atoms with Crippen molar-refractivity contribution < 1.29 is 19.4 Å². The minimum Gasteiger partial charge on any atom is -0.497 e. The third kappa shape index (κ3) is 4.46. The van der Waals surface area contributed by atoms with Crippen molar-refractivity contribution in [3.63, 3.8) is 0 Å². The first-order chi connectivity index (χ1) is 9.47. The maximum Gasteiger partial charge on any atom is 0.326 e. The maximum atomic E-state index is 11.8. The Labute approximate surface area is 118 Å². The summed E-state index contributed by atoms with van der Waals surface area (Å²) in [5, 5.41) is 14.2. The van der Waals surface area contributed by atoms with Crippen LogP contribution in [0.15, 0.2) is 24.3 Å². The van der Waals surface area contributed by atoms with Gasteiger partial charge in [-0.2, -0.15) is 0 Å². The molecule has 0 radical (unpaired) electrons. The van der Waals surface area contributed by atoms with E-state index >= 15 is 0 Å². The summed E-state index contributed by atoms with van der Waals surface area (Å²) >= 11 is 0. The molecule has 2 atom stereocenters. The summed E-state index contributed by atoms with van der Waals surface area (Å²) in [6.07, 6.45) is 0.663. The highest BCUT2D eigenvalue weighted by Gasteiger charge is 2.25. The van der Waals surface area contributed by atoms with Gasteiger partial charge >= 0.3 is 12.0 Å². The SMILES string of the molecule is CC[C@H](C)[C@@H](NC(=O)Nc1cccc(OC)c1)C(=O)O. The van der Waals surface area contributed by atoms with Crippen LogP contribution < -0.4 is 15.4 Å². The number of hydrogen-bond donors (Lipinski definition) is 3. The highest BCUT2D eigenvalue weighted by molar-refractivity contribution is 5.92. The number of methoxy groups -OCH3 is 1. The standard InChI is InChI=1S/C14H20N2O4/c1-4-9(2)12(13(17)18)16-14(19)15-10-6-5-7-11(8-10)20-3/h5-9,12H,4H2,1-3H3,(H,17,18)(H2,15,16,19)/t9-,12+/m0/s1. The Morgan fingerprint density at radius 1 is 1.40 bits per heavy atom. The van der Waals surface area contributed by atoms with Gasteiger partial charge in [0.2, 0.25) is 0 Å². The molecule has 3 N–H and O–H groups in total. The molecular weight excluding hydrogens is 260 g/mol. The van der Waals surface area contributed by atoms with E-state index in [1.165, 1.54) is 7.11 Å². The first kappa shape index (κ1) is 15.8. The number of rotatable bonds is 6. The fraction of sp³-hybridized carbons (Fsp3) is 0.429. The van der Waals surface area contributed by atoms with Gasteiger partial charge in [0.05, 0.1) is 7.11 Å². The number of hydrogen-bond acceptors (Lipinski definition) is 3. The number of amides is 2. The molecule has 0 spiro atoms. The van der Waals surface area contributed by atoms with E-state index in [9.17, 15) is 9.59 Å². The number of benzene rings is 1. The first-order valence-corrected chi connectivity index (χ1v) is 6.42. The summed E-state index contributed by atoms with van der Waals surface area (Å²) < 4.78 is 5.05. The predicted octanol–water partition coefficient (Wildman–Crippen LogP) is 2.32. The number of carbonyl (C=O) groups is 2. The van der Waals surface area contributed by atoms with Gasteiger partial charge in [0.1, 0.15) is 11.8 Å². The van der Waals surface area contributed by atoms with Gasteiger partial charge < -0.3 is 20.5 Å². The van der Waals surface area contributed by atoms with Gasteiger partial charge in [0.15, 0.2) is 0 Å². The van der Waals surface area contributed by atoms with Gasteiger partial charge in [-0.15, -0.1) is 0 Å². The van der Waals surface area contributed by atoms with Crippen molar-refractivity contribution in [2.24, 2.45) is 5.92 Å². The molecule has 0 saturated heterocycles. The normalized spacial score (nSPS) is 13.2. The Morgan fingerprint density at radius 3 is 2.65 bits per heavy atom. The van der Waals surface area contributed by atoms with Gasteiger partial charge in [-0.3, -0.25) is 0 Å². The Kier molecular flexibility index (Phi) is 5.83. The molecule has 0 unspecified atom stereocenters. The lowest BCUT2D eigenvalue weighted by Crippen LogP contribution is -2.46. The zero-order chi connectivity index (χ0) is 15.1. The highest BCUT2D eigenvalue weighted by atomic mass is 16.5. The predicted molar refractivity (Wildman–Crippen MR) is 76.0 cm³/mol. The molecule has 1 aromatic rings. The van der Waals surface area contributed by atoms with Crippen LogP contribution in [0.3, 0.4) is 0 Å². The number of carbonyl (C=O) groups excluding carboxylic acids is 1. The van der Waals surface area contributed by atoms with Crippen LogP contribution in [0.5, 0.6) is 5.75 Å². The van der Waals surface area contributed by atoms with Gasteiger partial charge in [-0.25, -0.2) is 9.59 Å². The molecule has 0 heterocycles. The molecule has 6 heteroatoms. The van der Waals surface area contributed by atoms with Crippen molar-refractivity contribution in [1.82, 2.24) is 5.32 Å². The first-order valence-electron chi connectivity index (χ1n) is 6.42. The summed E-state index contributed by atoms with van der Waals surface area (Å²) in [4.78, 5) is 22.9. The largest absolute Gasteiger partial charge is 0.497 e. The number of ether oxygens (including phenoxy) is 1. The fourth-order valence-corrected chi connectivity index (χ4v) is 1.69. The van der Waals surface area contributed by atoms with E-state index in [1.54, 1.807) is 31.2 Å². The average molecular weight is 280 g/mol. The molecule has 0 aliphatic carbocycles. The van der Waals surface area contributed by atoms with E-state index in [2.05, 4.69) is 10.6 Å². The number of aliphatic carboxylic acids is 1. The van der Waals surface area contributed by atoms with Crippen LogP contribution >= 0.6 is 0 Å². The van der Waals surface area contributed by atoms with Gasteiger partial charge in [-0.1, -0.05) is 26.3 Å². The highest BCUT2D eigenvalue weighted by Crippen LogP contribution is 2.16. The van der Waals surface area contributed by atoms with E-state index in [-0.39, 0.29) is 5.92 Å². The lowest BCUT2D eigenvalue weighted by molar-refractivity contribution is -0.140. The Bertz CT molecular complexity index is 476. The summed E-state index contributed by atoms with van der Waals surface area (Å²) in [5.74, 6) is -0.580. The molecule has 0 aliphatic heterocycles. The quantitative estimate of drug-likeness (QED) is 0.746. The van der Waals surface area contributed by atoms with Crippen molar-refractivity contribution >= 4 is 17.7 Å². The minimum atomic E-state index is -1.04. The van der Waals surface area contributed by atoms with Crippen LogP contribution in [0.1, 0.15) is 20.3 Å². The second kappa shape index (κ2) is 7.37. The second-order valence-corrected chi connectivity index (χ2v) is 4.53. The van der Waals surface area contributed by atoms with Crippen molar-refractivity contribution in [2.75, 3.05) is 12.4 Å². The van der Waals surface area contributed by atoms with Crippen LogP contribution in [-0.4, -0.2) is 30.3 Å². The molecule has 2 amide bonds. The number of nitrogens with one attached hydrogen (secondary N) is 2.